The van der Waals surface area contributed by atoms with Gasteiger partial charge in [-0.05, 0) is 18.2 Å². The van der Waals surface area contributed by atoms with Crippen molar-refractivity contribution in [3.8, 4) is 5.75 Å². The molecular formula is C10H11F3N2O2. The Morgan fingerprint density at radius 3 is 2.35 bits per heavy atom. The third kappa shape index (κ3) is 3.54. The Hall–Kier alpha value is -1.92. The number of anilines is 1. The van der Waals surface area contributed by atoms with Crippen molar-refractivity contribution in [3.63, 3.8) is 0 Å². The maximum Gasteiger partial charge on any atom is 0.573 e. The Morgan fingerprint density at radius 2 is 1.94 bits per heavy atom. The number of benzene rings is 1. The van der Waals surface area contributed by atoms with Crippen LogP contribution in [0.25, 0.3) is 0 Å². The summed E-state index contributed by atoms with van der Waals surface area (Å²) in [7, 11) is 3.05. The molecule has 0 radical (unpaired) electrons. The predicted molar refractivity (Wildman–Crippen MR) is 55.6 cm³/mol. The van der Waals surface area contributed by atoms with Crippen molar-refractivity contribution in [2.45, 2.75) is 6.36 Å². The molecule has 0 saturated carbocycles. The first-order chi connectivity index (χ1) is 7.70. The van der Waals surface area contributed by atoms with Crippen molar-refractivity contribution in [3.05, 3.63) is 23.8 Å². The third-order valence-corrected chi connectivity index (χ3v) is 1.89. The maximum absolute atomic E-state index is 12.0. The molecule has 0 spiro atoms. The molecule has 0 aliphatic heterocycles. The van der Waals surface area contributed by atoms with Crippen LogP contribution in [-0.2, 0) is 0 Å². The van der Waals surface area contributed by atoms with E-state index in [1.54, 1.807) is 0 Å². The molecule has 1 amide bonds. The number of halogens is 3. The molecule has 0 aromatic heterocycles. The summed E-state index contributed by atoms with van der Waals surface area (Å²) in [4.78, 5) is 12.8. The smallest absolute Gasteiger partial charge is 0.404 e. The number of nitrogens with zero attached hydrogens (tertiary/aromatic N) is 1. The number of alkyl halides is 3. The lowest BCUT2D eigenvalue weighted by atomic mass is 10.1. The number of hydrogen-bond acceptors (Lipinski definition) is 3. The summed E-state index contributed by atoms with van der Waals surface area (Å²) in [6, 6.07) is 3.38. The highest BCUT2D eigenvalue weighted by molar-refractivity contribution is 5.95. The van der Waals surface area contributed by atoms with Gasteiger partial charge in [0.2, 0.25) is 0 Å². The molecule has 0 fully saturated rings. The number of nitrogen functional groups attached to an aromatic ring is 1. The van der Waals surface area contributed by atoms with E-state index < -0.39 is 12.1 Å². The predicted octanol–water partition coefficient (Wildman–Crippen LogP) is 1.87. The van der Waals surface area contributed by atoms with Gasteiger partial charge >= 0.3 is 6.36 Å². The fraction of sp³-hybridized carbons (Fsp3) is 0.300. The Labute approximate surface area is 95.8 Å². The molecule has 17 heavy (non-hydrogen) atoms. The van der Waals surface area contributed by atoms with E-state index in [2.05, 4.69) is 4.74 Å². The van der Waals surface area contributed by atoms with Gasteiger partial charge < -0.3 is 15.4 Å². The summed E-state index contributed by atoms with van der Waals surface area (Å²) in [5.41, 5.74) is 5.33. The molecule has 0 unspecified atom stereocenters. The summed E-state index contributed by atoms with van der Waals surface area (Å²) >= 11 is 0. The number of hydrogen-bond donors (Lipinski definition) is 1. The van der Waals surface area contributed by atoms with Crippen LogP contribution < -0.4 is 10.5 Å². The molecule has 0 atom stereocenters. The second-order valence-corrected chi connectivity index (χ2v) is 3.50. The van der Waals surface area contributed by atoms with E-state index in [0.29, 0.717) is 0 Å². The van der Waals surface area contributed by atoms with Gasteiger partial charge in [-0.15, -0.1) is 13.2 Å². The summed E-state index contributed by atoms with van der Waals surface area (Å²) in [5, 5.41) is 0. The molecule has 1 aromatic rings. The van der Waals surface area contributed by atoms with Gasteiger partial charge in [0, 0.05) is 19.7 Å². The standard InChI is InChI=1S/C10H11F3N2O2/c1-15(2)9(16)6-3-4-8(7(14)5-6)17-10(11,12)13/h3-5H,14H2,1-2H3. The van der Waals surface area contributed by atoms with Gasteiger partial charge in [0.1, 0.15) is 0 Å². The molecule has 94 valence electrons. The first-order valence-corrected chi connectivity index (χ1v) is 4.57. The maximum atomic E-state index is 12.0. The summed E-state index contributed by atoms with van der Waals surface area (Å²) in [6.07, 6.45) is -4.80. The number of carbonyl (C=O) groups excluding carboxylic acids is 1. The van der Waals surface area contributed by atoms with Crippen molar-refractivity contribution >= 4 is 11.6 Å². The van der Waals surface area contributed by atoms with E-state index in [0.717, 1.165) is 12.1 Å². The van der Waals surface area contributed by atoms with Gasteiger partial charge in [0.15, 0.2) is 5.75 Å². The Balaban J connectivity index is 2.98. The van der Waals surface area contributed by atoms with Crippen LogP contribution in [0.15, 0.2) is 18.2 Å². The Morgan fingerprint density at radius 1 is 1.35 bits per heavy atom. The van der Waals surface area contributed by atoms with Crippen molar-refractivity contribution in [1.29, 1.82) is 0 Å². The van der Waals surface area contributed by atoms with Crippen molar-refractivity contribution < 1.29 is 22.7 Å². The molecule has 7 heteroatoms. The first-order valence-electron chi connectivity index (χ1n) is 4.57. The van der Waals surface area contributed by atoms with E-state index in [9.17, 15) is 18.0 Å². The second kappa shape index (κ2) is 4.52. The number of rotatable bonds is 2. The van der Waals surface area contributed by atoms with Crippen LogP contribution in [0.5, 0.6) is 5.75 Å². The molecule has 0 aliphatic carbocycles. The molecule has 0 heterocycles. The van der Waals surface area contributed by atoms with Crippen LogP contribution in [-0.4, -0.2) is 31.3 Å². The molecule has 1 aromatic carbocycles. The normalized spacial score (nSPS) is 11.1. The van der Waals surface area contributed by atoms with Crippen LogP contribution in [0.1, 0.15) is 10.4 Å². The lowest BCUT2D eigenvalue weighted by molar-refractivity contribution is -0.274. The molecule has 0 bridgehead atoms. The zero-order valence-corrected chi connectivity index (χ0v) is 9.21. The van der Waals surface area contributed by atoms with Gasteiger partial charge in [-0.1, -0.05) is 0 Å². The van der Waals surface area contributed by atoms with Crippen LogP contribution in [0, 0.1) is 0 Å². The first kappa shape index (κ1) is 13.1. The number of carbonyl (C=O) groups is 1. The molecular weight excluding hydrogens is 237 g/mol. The van der Waals surface area contributed by atoms with E-state index in [1.807, 2.05) is 0 Å². The van der Waals surface area contributed by atoms with Gasteiger partial charge in [0.25, 0.3) is 5.91 Å². The average molecular weight is 248 g/mol. The zero-order chi connectivity index (χ0) is 13.2. The van der Waals surface area contributed by atoms with E-state index >= 15 is 0 Å². The van der Waals surface area contributed by atoms with Crippen LogP contribution in [0.2, 0.25) is 0 Å². The minimum absolute atomic E-state index is 0.196. The van der Waals surface area contributed by atoms with Gasteiger partial charge in [0.05, 0.1) is 5.69 Å². The average Bonchev–Trinajstić information content (AvgIpc) is 2.18. The number of nitrogens with two attached hydrogens (primary N) is 1. The van der Waals surface area contributed by atoms with Crippen LogP contribution >= 0.6 is 0 Å². The fourth-order valence-electron chi connectivity index (χ4n) is 1.16. The summed E-state index contributed by atoms with van der Waals surface area (Å²) in [6.45, 7) is 0. The minimum Gasteiger partial charge on any atom is -0.404 e. The Bertz CT molecular complexity index is 430. The Kier molecular flexibility index (Phi) is 3.50. The highest BCUT2D eigenvalue weighted by Crippen LogP contribution is 2.29. The van der Waals surface area contributed by atoms with E-state index in [-0.39, 0.29) is 17.2 Å². The van der Waals surface area contributed by atoms with Crippen LogP contribution in [0.4, 0.5) is 18.9 Å². The van der Waals surface area contributed by atoms with Gasteiger partial charge in [-0.3, -0.25) is 4.79 Å². The lowest BCUT2D eigenvalue weighted by Gasteiger charge is -2.14. The summed E-state index contributed by atoms with van der Waals surface area (Å²) < 4.78 is 39.5. The number of ether oxygens (including phenoxy) is 1. The molecule has 1 rings (SSSR count). The fourth-order valence-corrected chi connectivity index (χ4v) is 1.16. The van der Waals surface area contributed by atoms with E-state index in [4.69, 9.17) is 5.73 Å². The lowest BCUT2D eigenvalue weighted by Crippen LogP contribution is -2.22. The quantitative estimate of drug-likeness (QED) is 0.813. The minimum atomic E-state index is -4.80. The molecule has 4 nitrogen and oxygen atoms in total. The topological polar surface area (TPSA) is 55.6 Å². The van der Waals surface area contributed by atoms with Crippen molar-refractivity contribution in [2.75, 3.05) is 19.8 Å². The second-order valence-electron chi connectivity index (χ2n) is 3.50. The largest absolute Gasteiger partial charge is 0.573 e. The van der Waals surface area contributed by atoms with E-state index in [1.165, 1.54) is 25.1 Å². The monoisotopic (exact) mass is 248 g/mol. The van der Waals surface area contributed by atoms with Gasteiger partial charge in [-0.25, -0.2) is 0 Å². The highest BCUT2D eigenvalue weighted by atomic mass is 19.4. The molecule has 0 aliphatic rings. The highest BCUT2D eigenvalue weighted by Gasteiger charge is 2.32. The van der Waals surface area contributed by atoms with Crippen molar-refractivity contribution in [1.82, 2.24) is 4.90 Å². The number of amides is 1. The van der Waals surface area contributed by atoms with Crippen LogP contribution in [0.3, 0.4) is 0 Å². The third-order valence-electron chi connectivity index (χ3n) is 1.89. The zero-order valence-electron chi connectivity index (χ0n) is 9.21. The molecule has 2 N–H and O–H groups in total. The summed E-state index contributed by atoms with van der Waals surface area (Å²) in [5.74, 6) is -0.872. The SMILES string of the molecule is CN(C)C(=O)c1ccc(OC(F)(F)F)c(N)c1. The van der Waals surface area contributed by atoms with Crippen molar-refractivity contribution in [2.24, 2.45) is 0 Å². The molecule has 0 saturated heterocycles. The van der Waals surface area contributed by atoms with Gasteiger partial charge in [-0.2, -0.15) is 0 Å².